The van der Waals surface area contributed by atoms with E-state index in [4.69, 9.17) is 4.74 Å². The van der Waals surface area contributed by atoms with Crippen LogP contribution in [0.2, 0.25) is 0 Å². The summed E-state index contributed by atoms with van der Waals surface area (Å²) >= 11 is 1.67. The van der Waals surface area contributed by atoms with Crippen LogP contribution in [-0.4, -0.2) is 47.4 Å². The van der Waals surface area contributed by atoms with Crippen LogP contribution in [0.5, 0.6) is 5.75 Å². The van der Waals surface area contributed by atoms with Gasteiger partial charge in [-0.3, -0.25) is 9.59 Å². The van der Waals surface area contributed by atoms with Crippen molar-refractivity contribution < 1.29 is 18.7 Å². The smallest absolute Gasteiger partial charge is 0.242 e. The molecular formula is C21H23FN2O3S. The van der Waals surface area contributed by atoms with E-state index in [0.29, 0.717) is 6.54 Å². The summed E-state index contributed by atoms with van der Waals surface area (Å²) < 4.78 is 19.7. The number of rotatable bonds is 6. The Morgan fingerprint density at radius 3 is 2.79 bits per heavy atom. The van der Waals surface area contributed by atoms with Crippen molar-refractivity contribution in [3.05, 3.63) is 52.0 Å². The van der Waals surface area contributed by atoms with Crippen molar-refractivity contribution in [1.82, 2.24) is 9.80 Å². The molecule has 1 saturated carbocycles. The number of para-hydroxylation sites is 1. The van der Waals surface area contributed by atoms with Gasteiger partial charge >= 0.3 is 0 Å². The monoisotopic (exact) mass is 402 g/mol. The van der Waals surface area contributed by atoms with Crippen molar-refractivity contribution in [3.8, 4) is 5.75 Å². The van der Waals surface area contributed by atoms with Crippen LogP contribution in [0, 0.1) is 5.82 Å². The molecule has 2 heterocycles. The van der Waals surface area contributed by atoms with E-state index in [9.17, 15) is 14.0 Å². The minimum Gasteiger partial charge on any atom is -0.488 e. The molecule has 0 N–H and O–H groups in total. The number of thiophene rings is 1. The molecule has 2 aromatic rings. The lowest BCUT2D eigenvalue weighted by Crippen LogP contribution is -2.48. The molecule has 1 aromatic heterocycles. The van der Waals surface area contributed by atoms with E-state index in [1.54, 1.807) is 39.3 Å². The Morgan fingerprint density at radius 2 is 2.07 bits per heavy atom. The van der Waals surface area contributed by atoms with Gasteiger partial charge in [-0.25, -0.2) is 4.39 Å². The zero-order valence-electron chi connectivity index (χ0n) is 15.8. The molecule has 0 spiro atoms. The molecular weight excluding hydrogens is 379 g/mol. The van der Waals surface area contributed by atoms with Crippen LogP contribution >= 0.6 is 11.3 Å². The first-order chi connectivity index (χ1) is 13.5. The van der Waals surface area contributed by atoms with Crippen LogP contribution in [-0.2, 0) is 16.0 Å². The van der Waals surface area contributed by atoms with Crippen molar-refractivity contribution >= 4 is 23.2 Å². The van der Waals surface area contributed by atoms with E-state index in [0.717, 1.165) is 24.8 Å². The molecule has 0 saturated heterocycles. The number of nitrogens with zero attached hydrogens (tertiary/aromatic N) is 2. The largest absolute Gasteiger partial charge is 0.488 e. The molecule has 1 aromatic carbocycles. The number of amides is 2. The van der Waals surface area contributed by atoms with Gasteiger partial charge in [-0.05, 0) is 48.4 Å². The predicted molar refractivity (Wildman–Crippen MR) is 105 cm³/mol. The second kappa shape index (κ2) is 7.91. The van der Waals surface area contributed by atoms with Crippen LogP contribution in [0.1, 0.15) is 36.2 Å². The van der Waals surface area contributed by atoms with Gasteiger partial charge in [0, 0.05) is 24.4 Å². The molecule has 148 valence electrons. The van der Waals surface area contributed by atoms with Crippen LogP contribution in [0.25, 0.3) is 0 Å². The highest BCUT2D eigenvalue weighted by Crippen LogP contribution is 2.35. The predicted octanol–water partition coefficient (Wildman–Crippen LogP) is 3.40. The fourth-order valence-corrected chi connectivity index (χ4v) is 4.65. The average Bonchev–Trinajstić information content (AvgIpc) is 3.40. The SMILES string of the molecule is CC(=O)N(CC(=O)N1CCc2sccc2[C@@H]1COc1ccccc1F)C1CC1. The second-order valence-electron chi connectivity index (χ2n) is 7.27. The van der Waals surface area contributed by atoms with E-state index in [-0.39, 0.29) is 42.8 Å². The highest BCUT2D eigenvalue weighted by atomic mass is 32.1. The van der Waals surface area contributed by atoms with E-state index < -0.39 is 5.82 Å². The van der Waals surface area contributed by atoms with Crippen molar-refractivity contribution in [2.75, 3.05) is 19.7 Å². The Balaban J connectivity index is 1.52. The Bertz CT molecular complexity index is 880. The normalized spacial score (nSPS) is 18.5. The Hall–Kier alpha value is -2.41. The maximum atomic E-state index is 13.9. The topological polar surface area (TPSA) is 49.9 Å². The lowest BCUT2D eigenvalue weighted by molar-refractivity contribution is -0.142. The van der Waals surface area contributed by atoms with Gasteiger partial charge in [-0.1, -0.05) is 12.1 Å². The number of fused-ring (bicyclic) bond motifs is 1. The molecule has 0 bridgehead atoms. The lowest BCUT2D eigenvalue weighted by atomic mass is 10.0. The number of carbonyl (C=O) groups excluding carboxylic acids is 2. The Kier molecular flexibility index (Phi) is 5.35. The summed E-state index contributed by atoms with van der Waals surface area (Å²) in [6.45, 7) is 2.36. The van der Waals surface area contributed by atoms with Gasteiger partial charge in [0.15, 0.2) is 11.6 Å². The molecule has 2 amide bonds. The van der Waals surface area contributed by atoms with Gasteiger partial charge in [0.1, 0.15) is 13.2 Å². The lowest BCUT2D eigenvalue weighted by Gasteiger charge is -2.37. The molecule has 1 aliphatic carbocycles. The first kappa shape index (κ1) is 18.9. The fourth-order valence-electron chi connectivity index (χ4n) is 3.73. The first-order valence-electron chi connectivity index (χ1n) is 9.55. The highest BCUT2D eigenvalue weighted by molar-refractivity contribution is 7.10. The molecule has 28 heavy (non-hydrogen) atoms. The van der Waals surface area contributed by atoms with E-state index in [1.165, 1.54) is 17.9 Å². The van der Waals surface area contributed by atoms with E-state index in [1.807, 2.05) is 11.4 Å². The van der Waals surface area contributed by atoms with Crippen molar-refractivity contribution in [2.45, 2.75) is 38.3 Å². The van der Waals surface area contributed by atoms with Crippen molar-refractivity contribution in [1.29, 1.82) is 0 Å². The summed E-state index contributed by atoms with van der Waals surface area (Å²) in [6.07, 6.45) is 2.71. The summed E-state index contributed by atoms with van der Waals surface area (Å²) in [5, 5.41) is 2.01. The van der Waals surface area contributed by atoms with Gasteiger partial charge < -0.3 is 14.5 Å². The maximum absolute atomic E-state index is 13.9. The van der Waals surface area contributed by atoms with E-state index >= 15 is 0 Å². The molecule has 1 aliphatic heterocycles. The molecule has 5 nitrogen and oxygen atoms in total. The van der Waals surface area contributed by atoms with Gasteiger partial charge in [-0.2, -0.15) is 0 Å². The van der Waals surface area contributed by atoms with Crippen molar-refractivity contribution in [3.63, 3.8) is 0 Å². The molecule has 7 heteroatoms. The summed E-state index contributed by atoms with van der Waals surface area (Å²) in [7, 11) is 0. The minimum atomic E-state index is -0.418. The Morgan fingerprint density at radius 1 is 1.29 bits per heavy atom. The maximum Gasteiger partial charge on any atom is 0.242 e. The van der Waals surface area contributed by atoms with Crippen molar-refractivity contribution in [2.24, 2.45) is 0 Å². The number of carbonyl (C=O) groups is 2. The molecule has 1 fully saturated rings. The summed E-state index contributed by atoms with van der Waals surface area (Å²) in [5.41, 5.74) is 1.06. The Labute approximate surface area is 167 Å². The third-order valence-electron chi connectivity index (χ3n) is 5.35. The van der Waals surface area contributed by atoms with Crippen LogP contribution in [0.4, 0.5) is 4.39 Å². The van der Waals surface area contributed by atoms with Gasteiger partial charge in [0.2, 0.25) is 11.8 Å². The third-order valence-corrected chi connectivity index (χ3v) is 6.34. The number of halogens is 1. The number of hydrogen-bond donors (Lipinski definition) is 0. The van der Waals surface area contributed by atoms with Crippen LogP contribution < -0.4 is 4.74 Å². The molecule has 1 atom stereocenters. The van der Waals surface area contributed by atoms with E-state index in [2.05, 4.69) is 0 Å². The minimum absolute atomic E-state index is 0.0664. The molecule has 2 aliphatic rings. The molecule has 4 rings (SSSR count). The molecule has 0 unspecified atom stereocenters. The highest BCUT2D eigenvalue weighted by Gasteiger charge is 2.37. The number of benzene rings is 1. The number of hydrogen-bond acceptors (Lipinski definition) is 4. The zero-order chi connectivity index (χ0) is 19.7. The third kappa shape index (κ3) is 3.90. The zero-order valence-corrected chi connectivity index (χ0v) is 16.6. The number of ether oxygens (including phenoxy) is 1. The second-order valence-corrected chi connectivity index (χ2v) is 8.27. The summed E-state index contributed by atoms with van der Waals surface area (Å²) in [4.78, 5) is 29.7. The fraction of sp³-hybridized carbons (Fsp3) is 0.429. The van der Waals surface area contributed by atoms with Gasteiger partial charge in [0.05, 0.1) is 6.04 Å². The van der Waals surface area contributed by atoms with Crippen LogP contribution in [0.15, 0.2) is 35.7 Å². The summed E-state index contributed by atoms with van der Waals surface area (Å²) in [5.74, 6) is -0.386. The summed E-state index contributed by atoms with van der Waals surface area (Å²) in [6, 6.07) is 8.20. The van der Waals surface area contributed by atoms with Gasteiger partial charge in [-0.15, -0.1) is 11.3 Å². The average molecular weight is 402 g/mol. The quantitative estimate of drug-likeness (QED) is 0.744. The first-order valence-corrected chi connectivity index (χ1v) is 10.4. The van der Waals surface area contributed by atoms with Gasteiger partial charge in [0.25, 0.3) is 0 Å². The molecule has 0 radical (unpaired) electrons. The van der Waals surface area contributed by atoms with Crippen LogP contribution in [0.3, 0.4) is 0 Å². The standard InChI is InChI=1S/C21H23FN2O3S/c1-14(25)24(15-6-7-15)12-21(26)23-10-8-20-16(9-11-28-20)18(23)13-27-19-5-3-2-4-17(19)22/h2-5,9,11,15,18H,6-8,10,12-13H2,1H3/t18-/m0/s1.